The quantitative estimate of drug-likeness (QED) is 0.528. The van der Waals surface area contributed by atoms with Crippen molar-refractivity contribution in [2.45, 2.75) is 13.0 Å². The van der Waals surface area contributed by atoms with Crippen molar-refractivity contribution in [2.24, 2.45) is 5.73 Å². The van der Waals surface area contributed by atoms with E-state index in [1.54, 1.807) is 6.92 Å². The molecule has 2 atom stereocenters. The molecule has 0 bridgehead atoms. The van der Waals surface area contributed by atoms with Crippen LogP contribution in [0.2, 0.25) is 0 Å². The van der Waals surface area contributed by atoms with Gasteiger partial charge in [-0.3, -0.25) is 4.57 Å². The van der Waals surface area contributed by atoms with E-state index in [1.165, 1.54) is 0 Å². The molecule has 0 aromatic heterocycles. The molecule has 0 amide bonds. The molecule has 4 nitrogen and oxygen atoms in total. The van der Waals surface area contributed by atoms with Crippen molar-refractivity contribution >= 4 is 8.25 Å². The molecule has 0 saturated carbocycles. The Labute approximate surface area is 48.6 Å². The fraction of sp³-hybridized carbons (Fsp3) is 1.00. The fourth-order valence-corrected chi connectivity index (χ4v) is 0.608. The van der Waals surface area contributed by atoms with Gasteiger partial charge in [0.05, 0.1) is 6.61 Å². The van der Waals surface area contributed by atoms with Gasteiger partial charge >= 0.3 is 8.25 Å². The van der Waals surface area contributed by atoms with Crippen LogP contribution in [0.5, 0.6) is 0 Å². The third kappa shape index (κ3) is 6.11. The third-order valence-electron chi connectivity index (χ3n) is 0.470. The minimum Gasteiger partial charge on any atom is -0.326 e. The van der Waals surface area contributed by atoms with Gasteiger partial charge in [0.15, 0.2) is 0 Å². The van der Waals surface area contributed by atoms with Gasteiger partial charge in [-0.1, -0.05) is 0 Å². The highest BCUT2D eigenvalue weighted by Crippen LogP contribution is 2.13. The number of hydrogen-bond acceptors (Lipinski definition) is 3. The van der Waals surface area contributed by atoms with Crippen molar-refractivity contribution in [2.75, 3.05) is 6.61 Å². The molecule has 8 heavy (non-hydrogen) atoms. The van der Waals surface area contributed by atoms with Gasteiger partial charge in [-0.15, -0.1) is 0 Å². The van der Waals surface area contributed by atoms with Crippen LogP contribution in [-0.4, -0.2) is 17.5 Å². The van der Waals surface area contributed by atoms with Crippen LogP contribution in [0.15, 0.2) is 0 Å². The molecule has 0 saturated heterocycles. The van der Waals surface area contributed by atoms with Gasteiger partial charge in [-0.05, 0) is 6.92 Å². The van der Waals surface area contributed by atoms with E-state index in [1.807, 2.05) is 0 Å². The Hall–Kier alpha value is 0.110. The van der Waals surface area contributed by atoms with Crippen LogP contribution in [-0.2, 0) is 9.09 Å². The lowest BCUT2D eigenvalue weighted by atomic mass is 10.4. The smallest absolute Gasteiger partial charge is 0.316 e. The zero-order valence-electron chi connectivity index (χ0n) is 4.63. The second kappa shape index (κ2) is 4.04. The van der Waals surface area contributed by atoms with Gasteiger partial charge in [-0.25, -0.2) is 0 Å². The van der Waals surface area contributed by atoms with Crippen molar-refractivity contribution in [1.82, 2.24) is 0 Å². The molecule has 2 unspecified atom stereocenters. The van der Waals surface area contributed by atoms with Crippen LogP contribution in [0.4, 0.5) is 0 Å². The van der Waals surface area contributed by atoms with Crippen molar-refractivity contribution < 1.29 is 14.0 Å². The molecule has 0 aliphatic carbocycles. The molecule has 0 aromatic carbocycles. The number of rotatable bonds is 3. The molecule has 50 valence electrons. The maximum absolute atomic E-state index is 9.81. The Balaban J connectivity index is 3.05. The molecule has 0 rings (SSSR count). The molecule has 0 spiro atoms. The topological polar surface area (TPSA) is 72.5 Å². The van der Waals surface area contributed by atoms with Gasteiger partial charge in [0.1, 0.15) is 0 Å². The first-order valence-corrected chi connectivity index (χ1v) is 3.50. The summed E-state index contributed by atoms with van der Waals surface area (Å²) in [4.78, 5) is 8.07. The van der Waals surface area contributed by atoms with Crippen molar-refractivity contribution in [1.29, 1.82) is 0 Å². The average Bonchev–Trinajstić information content (AvgIpc) is 1.61. The lowest BCUT2D eigenvalue weighted by molar-refractivity contribution is 0.267. The highest BCUT2D eigenvalue weighted by atomic mass is 31.1. The van der Waals surface area contributed by atoms with Crippen LogP contribution in [0.3, 0.4) is 0 Å². The monoisotopic (exact) mass is 139 g/mol. The summed E-state index contributed by atoms with van der Waals surface area (Å²) >= 11 is 0. The van der Waals surface area contributed by atoms with Crippen LogP contribution in [0, 0.1) is 0 Å². The SMILES string of the molecule is CC(N)CO[PH](=O)O. The van der Waals surface area contributed by atoms with Gasteiger partial charge in [0, 0.05) is 6.04 Å². The Kier molecular flexibility index (Phi) is 4.09. The molecule has 5 heteroatoms. The van der Waals surface area contributed by atoms with Gasteiger partial charge in [0.2, 0.25) is 0 Å². The first-order valence-electron chi connectivity index (χ1n) is 2.24. The molecular weight excluding hydrogens is 129 g/mol. The summed E-state index contributed by atoms with van der Waals surface area (Å²) in [7, 11) is -2.76. The van der Waals surface area contributed by atoms with Gasteiger partial charge in [-0.2, -0.15) is 0 Å². The van der Waals surface area contributed by atoms with E-state index in [9.17, 15) is 4.57 Å². The minimum atomic E-state index is -2.76. The summed E-state index contributed by atoms with van der Waals surface area (Å²) in [6.07, 6.45) is 0. The lowest BCUT2D eigenvalue weighted by Gasteiger charge is -2.01. The lowest BCUT2D eigenvalue weighted by Crippen LogP contribution is -2.19. The van der Waals surface area contributed by atoms with Crippen molar-refractivity contribution in [3.05, 3.63) is 0 Å². The first kappa shape index (κ1) is 8.11. The Morgan fingerprint density at radius 2 is 2.50 bits per heavy atom. The van der Waals surface area contributed by atoms with Gasteiger partial charge in [0.25, 0.3) is 0 Å². The molecular formula is C3H10NO3P. The second-order valence-electron chi connectivity index (χ2n) is 1.55. The largest absolute Gasteiger partial charge is 0.326 e. The van der Waals surface area contributed by atoms with E-state index in [0.29, 0.717) is 0 Å². The predicted molar refractivity (Wildman–Crippen MR) is 30.8 cm³/mol. The Morgan fingerprint density at radius 1 is 2.00 bits per heavy atom. The zero-order chi connectivity index (χ0) is 6.57. The van der Waals surface area contributed by atoms with E-state index in [4.69, 9.17) is 10.6 Å². The fourth-order valence-electron chi connectivity index (χ4n) is 0.203. The van der Waals surface area contributed by atoms with Crippen LogP contribution in [0.1, 0.15) is 6.92 Å². The predicted octanol–water partition coefficient (Wildman–Crippen LogP) is -0.268. The summed E-state index contributed by atoms with van der Waals surface area (Å²) in [6.45, 7) is 1.85. The molecule has 0 heterocycles. The molecule has 3 N–H and O–H groups in total. The maximum atomic E-state index is 9.81. The first-order chi connectivity index (χ1) is 3.63. The highest BCUT2D eigenvalue weighted by molar-refractivity contribution is 7.32. The Bertz CT molecular complexity index is 84.6. The number of hydrogen-bond donors (Lipinski definition) is 2. The molecule has 0 aliphatic heterocycles. The zero-order valence-corrected chi connectivity index (χ0v) is 5.63. The third-order valence-corrected chi connectivity index (χ3v) is 0.883. The summed E-state index contributed by atoms with van der Waals surface area (Å²) in [6, 6.07) is -0.170. The van der Waals surface area contributed by atoms with Gasteiger partial charge < -0.3 is 15.2 Å². The normalized spacial score (nSPS) is 17.9. The van der Waals surface area contributed by atoms with E-state index in [0.717, 1.165) is 0 Å². The minimum absolute atomic E-state index is 0.147. The summed E-state index contributed by atoms with van der Waals surface area (Å²) in [5, 5.41) is 0. The maximum Gasteiger partial charge on any atom is 0.316 e. The molecule has 0 radical (unpaired) electrons. The number of nitrogens with two attached hydrogens (primary N) is 1. The molecule has 0 aliphatic rings. The summed E-state index contributed by atoms with van der Waals surface area (Å²) in [5.41, 5.74) is 5.18. The van der Waals surface area contributed by atoms with E-state index in [2.05, 4.69) is 4.52 Å². The Morgan fingerprint density at radius 3 is 2.62 bits per heavy atom. The van der Waals surface area contributed by atoms with Crippen molar-refractivity contribution in [3.8, 4) is 0 Å². The average molecular weight is 139 g/mol. The molecule has 0 fully saturated rings. The van der Waals surface area contributed by atoms with E-state index < -0.39 is 8.25 Å². The molecule has 0 aromatic rings. The second-order valence-corrected chi connectivity index (χ2v) is 2.37. The van der Waals surface area contributed by atoms with Crippen molar-refractivity contribution in [3.63, 3.8) is 0 Å². The van der Waals surface area contributed by atoms with E-state index >= 15 is 0 Å². The van der Waals surface area contributed by atoms with E-state index in [-0.39, 0.29) is 12.6 Å². The van der Waals surface area contributed by atoms with Crippen LogP contribution < -0.4 is 5.73 Å². The highest BCUT2D eigenvalue weighted by Gasteiger charge is 1.94. The summed E-state index contributed by atoms with van der Waals surface area (Å²) < 4.78 is 14.1. The van der Waals surface area contributed by atoms with Crippen LogP contribution >= 0.6 is 8.25 Å². The summed E-state index contributed by atoms with van der Waals surface area (Å²) in [5.74, 6) is 0. The van der Waals surface area contributed by atoms with Crippen LogP contribution in [0.25, 0.3) is 0 Å². The standard InChI is InChI=1S/C3H10NO3P/c1-3(4)2-7-8(5)6/h3,8H,2,4H2,1H3,(H,5,6).